The average Bonchev–Trinajstić information content (AvgIpc) is 3.36. The molecule has 150 valence electrons. The second-order valence-electron chi connectivity index (χ2n) is 7.22. The molecule has 2 heterocycles. The topological polar surface area (TPSA) is 87.5 Å². The van der Waals surface area contributed by atoms with Crippen LogP contribution in [-0.2, 0) is 13.1 Å². The first kappa shape index (κ1) is 19.0. The van der Waals surface area contributed by atoms with Crippen LogP contribution in [0.1, 0.15) is 47.6 Å². The van der Waals surface area contributed by atoms with Gasteiger partial charge in [-0.15, -0.1) is 0 Å². The molecule has 4 rings (SSSR count). The number of rotatable bonds is 5. The molecule has 0 spiro atoms. The molecule has 0 saturated carbocycles. The monoisotopic (exact) mass is 392 g/mol. The number of urea groups is 1. The van der Waals surface area contributed by atoms with Gasteiger partial charge in [0, 0.05) is 19.6 Å². The van der Waals surface area contributed by atoms with E-state index in [9.17, 15) is 9.59 Å². The molecule has 7 heteroatoms. The molecule has 3 aromatic rings. The number of fused-ring (bicyclic) bond motifs is 1. The summed E-state index contributed by atoms with van der Waals surface area (Å²) in [7, 11) is 0. The maximum atomic E-state index is 12.9. The number of hydrogen-bond donors (Lipinski definition) is 2. The van der Waals surface area contributed by atoms with Crippen LogP contribution in [0, 0.1) is 0 Å². The van der Waals surface area contributed by atoms with Crippen molar-refractivity contribution in [3.63, 3.8) is 0 Å². The zero-order valence-electron chi connectivity index (χ0n) is 16.3. The Labute approximate surface area is 169 Å². The van der Waals surface area contributed by atoms with E-state index in [-0.39, 0.29) is 17.6 Å². The van der Waals surface area contributed by atoms with Crippen molar-refractivity contribution >= 4 is 23.0 Å². The van der Waals surface area contributed by atoms with Gasteiger partial charge in [0.1, 0.15) is 5.82 Å². The lowest BCUT2D eigenvalue weighted by Gasteiger charge is -2.25. The molecule has 1 aliphatic heterocycles. The Hall–Kier alpha value is -3.35. The predicted octanol–water partition coefficient (Wildman–Crippen LogP) is 3.80. The summed E-state index contributed by atoms with van der Waals surface area (Å²) in [5.41, 5.74) is 3.14. The minimum atomic E-state index is -0.959. The highest BCUT2D eigenvalue weighted by atomic mass is 16.4. The largest absolute Gasteiger partial charge is 0.478 e. The van der Waals surface area contributed by atoms with Gasteiger partial charge in [-0.05, 0) is 49.6 Å². The normalized spacial score (nSPS) is 16.3. The molecule has 1 saturated heterocycles. The number of likely N-dealkylation sites (tertiary alicyclic amines) is 1. The van der Waals surface area contributed by atoms with Crippen molar-refractivity contribution in [1.29, 1.82) is 0 Å². The minimum absolute atomic E-state index is 0.0447. The van der Waals surface area contributed by atoms with Gasteiger partial charge in [0.2, 0.25) is 0 Å². The van der Waals surface area contributed by atoms with Crippen LogP contribution in [0.25, 0.3) is 11.0 Å². The number of aryl methyl sites for hydroxylation is 1. The van der Waals surface area contributed by atoms with E-state index in [4.69, 9.17) is 10.1 Å². The Morgan fingerprint density at radius 3 is 2.66 bits per heavy atom. The number of aromatic nitrogens is 2. The van der Waals surface area contributed by atoms with E-state index in [2.05, 4.69) is 22.9 Å². The Morgan fingerprint density at radius 2 is 1.93 bits per heavy atom. The third kappa shape index (κ3) is 3.68. The number of nitrogens with one attached hydrogen (secondary N) is 1. The highest BCUT2D eigenvalue weighted by Crippen LogP contribution is 2.33. The van der Waals surface area contributed by atoms with Crippen LogP contribution in [0.15, 0.2) is 48.5 Å². The van der Waals surface area contributed by atoms with E-state index in [0.29, 0.717) is 13.1 Å². The summed E-state index contributed by atoms with van der Waals surface area (Å²) in [6.45, 7) is 3.95. The van der Waals surface area contributed by atoms with Crippen LogP contribution in [0.4, 0.5) is 4.79 Å². The van der Waals surface area contributed by atoms with Crippen LogP contribution in [0.2, 0.25) is 0 Å². The Morgan fingerprint density at radius 1 is 1.17 bits per heavy atom. The number of benzene rings is 2. The molecular formula is C22H24N4O3. The van der Waals surface area contributed by atoms with Crippen molar-refractivity contribution in [3.8, 4) is 0 Å². The quantitative estimate of drug-likeness (QED) is 0.691. The summed E-state index contributed by atoms with van der Waals surface area (Å²) in [4.78, 5) is 30.5. The molecule has 0 bridgehead atoms. The molecule has 7 nitrogen and oxygen atoms in total. The van der Waals surface area contributed by atoms with Gasteiger partial charge in [-0.25, -0.2) is 14.6 Å². The van der Waals surface area contributed by atoms with Gasteiger partial charge >= 0.3 is 12.0 Å². The number of hydrogen-bond acceptors (Lipinski definition) is 3. The SMILES string of the molecule is CCn1c(C2CCCN2C(=O)NCc2ccc(C(=O)O)cc2)nc2ccccc21. The lowest BCUT2D eigenvalue weighted by atomic mass is 10.1. The minimum Gasteiger partial charge on any atom is -0.478 e. The van der Waals surface area contributed by atoms with Crippen LogP contribution in [-0.4, -0.2) is 38.1 Å². The molecule has 29 heavy (non-hydrogen) atoms. The van der Waals surface area contributed by atoms with E-state index < -0.39 is 5.97 Å². The molecule has 2 N–H and O–H groups in total. The number of amides is 2. The summed E-state index contributed by atoms with van der Waals surface area (Å²) < 4.78 is 2.19. The lowest BCUT2D eigenvalue weighted by molar-refractivity contribution is 0.0697. The number of carboxylic acid groups (broad SMARTS) is 1. The zero-order chi connectivity index (χ0) is 20.4. The molecule has 2 aromatic carbocycles. The van der Waals surface area contributed by atoms with E-state index in [1.807, 2.05) is 23.1 Å². The fraction of sp³-hybridized carbons (Fsp3) is 0.318. The molecule has 1 unspecified atom stereocenters. The highest BCUT2D eigenvalue weighted by molar-refractivity contribution is 5.87. The van der Waals surface area contributed by atoms with E-state index >= 15 is 0 Å². The Kier molecular flexibility index (Phi) is 5.20. The third-order valence-corrected chi connectivity index (χ3v) is 5.46. The van der Waals surface area contributed by atoms with Crippen molar-refractivity contribution in [2.75, 3.05) is 6.54 Å². The molecule has 1 aromatic heterocycles. The van der Waals surface area contributed by atoms with Crippen LogP contribution < -0.4 is 5.32 Å². The summed E-state index contributed by atoms with van der Waals surface area (Å²) in [5.74, 6) is -0.0218. The van der Waals surface area contributed by atoms with Crippen molar-refractivity contribution in [1.82, 2.24) is 19.8 Å². The molecule has 1 aliphatic rings. The smallest absolute Gasteiger partial charge is 0.335 e. The molecule has 1 atom stereocenters. The third-order valence-electron chi connectivity index (χ3n) is 5.46. The van der Waals surface area contributed by atoms with Gasteiger partial charge in [0.15, 0.2) is 0 Å². The maximum Gasteiger partial charge on any atom is 0.335 e. The van der Waals surface area contributed by atoms with Crippen molar-refractivity contribution in [2.45, 2.75) is 38.9 Å². The number of carbonyl (C=O) groups excluding carboxylic acids is 1. The van der Waals surface area contributed by atoms with Crippen LogP contribution >= 0.6 is 0 Å². The number of aromatic carboxylic acids is 1. The van der Waals surface area contributed by atoms with E-state index in [0.717, 1.165) is 41.8 Å². The first-order valence-electron chi connectivity index (χ1n) is 9.90. The van der Waals surface area contributed by atoms with Crippen molar-refractivity contribution < 1.29 is 14.7 Å². The maximum absolute atomic E-state index is 12.9. The van der Waals surface area contributed by atoms with Gasteiger partial charge in [-0.2, -0.15) is 0 Å². The average molecular weight is 392 g/mol. The first-order valence-corrected chi connectivity index (χ1v) is 9.90. The zero-order valence-corrected chi connectivity index (χ0v) is 16.3. The Balaban J connectivity index is 1.49. The summed E-state index contributed by atoms with van der Waals surface area (Å²) >= 11 is 0. The molecule has 0 aliphatic carbocycles. The van der Waals surface area contributed by atoms with Gasteiger partial charge in [-0.1, -0.05) is 24.3 Å². The number of nitrogens with zero attached hydrogens (tertiary/aromatic N) is 3. The summed E-state index contributed by atoms with van der Waals surface area (Å²) in [6, 6.07) is 14.4. The summed E-state index contributed by atoms with van der Waals surface area (Å²) in [5, 5.41) is 11.9. The van der Waals surface area contributed by atoms with E-state index in [1.54, 1.807) is 24.3 Å². The number of carboxylic acids is 1. The molecule has 2 amide bonds. The molecule has 1 fully saturated rings. The van der Waals surface area contributed by atoms with Crippen molar-refractivity contribution in [3.05, 3.63) is 65.5 Å². The predicted molar refractivity (Wildman–Crippen MR) is 110 cm³/mol. The van der Waals surface area contributed by atoms with E-state index in [1.165, 1.54) is 0 Å². The number of para-hydroxylation sites is 2. The lowest BCUT2D eigenvalue weighted by Crippen LogP contribution is -2.39. The molecule has 0 radical (unpaired) electrons. The van der Waals surface area contributed by atoms with Crippen LogP contribution in [0.3, 0.4) is 0 Å². The van der Waals surface area contributed by atoms with Crippen molar-refractivity contribution in [2.24, 2.45) is 0 Å². The first-order chi connectivity index (χ1) is 14.1. The second kappa shape index (κ2) is 7.95. The molecular weight excluding hydrogens is 368 g/mol. The fourth-order valence-electron chi connectivity index (χ4n) is 4.00. The number of imidazole rings is 1. The Bertz CT molecular complexity index is 1040. The van der Waals surface area contributed by atoms with Gasteiger partial charge in [0.25, 0.3) is 0 Å². The highest BCUT2D eigenvalue weighted by Gasteiger charge is 2.33. The van der Waals surface area contributed by atoms with Gasteiger partial charge in [-0.3, -0.25) is 0 Å². The van der Waals surface area contributed by atoms with Crippen LogP contribution in [0.5, 0.6) is 0 Å². The van der Waals surface area contributed by atoms with Gasteiger partial charge in [0.05, 0.1) is 22.6 Å². The fourth-order valence-corrected chi connectivity index (χ4v) is 4.00. The number of carbonyl (C=O) groups is 2. The summed E-state index contributed by atoms with van der Waals surface area (Å²) in [6.07, 6.45) is 1.84. The standard InChI is InChI=1S/C22H24N4O3/c1-2-25-18-7-4-3-6-17(18)24-20(25)19-8-5-13-26(19)22(29)23-14-15-9-11-16(12-10-15)21(27)28/h3-4,6-7,9-12,19H,2,5,8,13-14H2,1H3,(H,23,29)(H,27,28). The second-order valence-corrected chi connectivity index (χ2v) is 7.22. The van der Waals surface area contributed by atoms with Gasteiger partial charge < -0.3 is 19.9 Å².